The monoisotopic (exact) mass is 515 g/mol. The van der Waals surface area contributed by atoms with E-state index in [1.807, 2.05) is 24.3 Å². The molecular formula is C19H22IN3O4S. The molecule has 2 rings (SSSR count). The van der Waals surface area contributed by atoms with Gasteiger partial charge in [-0.1, -0.05) is 24.3 Å². The first-order valence-electron chi connectivity index (χ1n) is 8.51. The van der Waals surface area contributed by atoms with Gasteiger partial charge in [0.05, 0.1) is 24.3 Å². The van der Waals surface area contributed by atoms with Crippen LogP contribution in [0.2, 0.25) is 0 Å². The highest BCUT2D eigenvalue weighted by molar-refractivity contribution is 14.1. The fourth-order valence-corrected chi connectivity index (χ4v) is 3.81. The highest BCUT2D eigenvalue weighted by atomic mass is 127. The fraction of sp³-hybridized carbons (Fsp3) is 0.263. The van der Waals surface area contributed by atoms with Gasteiger partial charge in [0.1, 0.15) is 12.3 Å². The number of hydrogen-bond acceptors (Lipinski definition) is 5. The molecule has 0 heterocycles. The van der Waals surface area contributed by atoms with Crippen LogP contribution in [0.25, 0.3) is 0 Å². The van der Waals surface area contributed by atoms with E-state index in [0.29, 0.717) is 23.8 Å². The topological polar surface area (TPSA) is 88.1 Å². The van der Waals surface area contributed by atoms with Crippen molar-refractivity contribution < 1.29 is 17.9 Å². The molecule has 2 aromatic carbocycles. The van der Waals surface area contributed by atoms with Gasteiger partial charge in [-0.3, -0.25) is 9.10 Å². The number of halogens is 1. The first kappa shape index (κ1) is 22.2. The van der Waals surface area contributed by atoms with E-state index in [2.05, 4.69) is 33.1 Å². The molecule has 0 saturated carbocycles. The number of rotatable bonds is 8. The Kier molecular flexibility index (Phi) is 7.81. The Bertz CT molecular complexity index is 977. The summed E-state index contributed by atoms with van der Waals surface area (Å²) in [6.45, 7) is 3.53. The number of hydrogen-bond donors (Lipinski definition) is 1. The van der Waals surface area contributed by atoms with Gasteiger partial charge in [0.25, 0.3) is 5.91 Å². The number of hydrazone groups is 1. The number of anilines is 1. The lowest BCUT2D eigenvalue weighted by atomic mass is 10.1. The molecule has 28 heavy (non-hydrogen) atoms. The van der Waals surface area contributed by atoms with Crippen LogP contribution in [0.4, 0.5) is 5.69 Å². The number of amides is 1. The fourth-order valence-electron chi connectivity index (χ4n) is 2.41. The first-order valence-corrected chi connectivity index (χ1v) is 11.4. The summed E-state index contributed by atoms with van der Waals surface area (Å²) >= 11 is 2.19. The molecule has 1 N–H and O–H groups in total. The van der Waals surface area contributed by atoms with Crippen LogP contribution >= 0.6 is 22.6 Å². The second-order valence-electron chi connectivity index (χ2n) is 5.91. The van der Waals surface area contributed by atoms with Gasteiger partial charge in [-0.15, -0.1) is 0 Å². The predicted octanol–water partition coefficient (Wildman–Crippen LogP) is 3.00. The van der Waals surface area contributed by atoms with Gasteiger partial charge < -0.3 is 4.74 Å². The molecule has 0 aliphatic carbocycles. The van der Waals surface area contributed by atoms with E-state index >= 15 is 0 Å². The van der Waals surface area contributed by atoms with Crippen molar-refractivity contribution in [1.82, 2.24) is 5.43 Å². The molecule has 0 radical (unpaired) electrons. The Labute approximate surface area is 179 Å². The second-order valence-corrected chi connectivity index (χ2v) is 9.07. The minimum Gasteiger partial charge on any atom is -0.492 e. The summed E-state index contributed by atoms with van der Waals surface area (Å²) < 4.78 is 32.1. The molecule has 9 heteroatoms. The molecule has 0 aromatic heterocycles. The van der Waals surface area contributed by atoms with E-state index in [1.165, 1.54) is 0 Å². The maximum Gasteiger partial charge on any atom is 0.260 e. The Balaban J connectivity index is 2.20. The molecule has 0 bridgehead atoms. The van der Waals surface area contributed by atoms with Gasteiger partial charge in [-0.05, 0) is 66.3 Å². The van der Waals surface area contributed by atoms with Gasteiger partial charge in [0, 0.05) is 3.57 Å². The van der Waals surface area contributed by atoms with E-state index in [4.69, 9.17) is 4.74 Å². The largest absolute Gasteiger partial charge is 0.492 e. The number of para-hydroxylation sites is 2. The van der Waals surface area contributed by atoms with Crippen molar-refractivity contribution in [3.05, 3.63) is 57.7 Å². The van der Waals surface area contributed by atoms with E-state index in [-0.39, 0.29) is 0 Å². The summed E-state index contributed by atoms with van der Waals surface area (Å²) in [6.07, 6.45) is 1.05. The highest BCUT2D eigenvalue weighted by Gasteiger charge is 2.23. The lowest BCUT2D eigenvalue weighted by molar-refractivity contribution is -0.119. The number of sulfonamides is 1. The Hall–Kier alpha value is -2.14. The van der Waals surface area contributed by atoms with Crippen LogP contribution in [0.5, 0.6) is 5.75 Å². The predicted molar refractivity (Wildman–Crippen MR) is 119 cm³/mol. The van der Waals surface area contributed by atoms with Gasteiger partial charge >= 0.3 is 0 Å². The van der Waals surface area contributed by atoms with E-state index < -0.39 is 22.5 Å². The first-order chi connectivity index (χ1) is 13.2. The summed E-state index contributed by atoms with van der Waals surface area (Å²) in [5.41, 5.74) is 4.22. The summed E-state index contributed by atoms with van der Waals surface area (Å²) in [6, 6.07) is 14.4. The van der Waals surface area contributed by atoms with Gasteiger partial charge in [0.2, 0.25) is 10.0 Å². The third-order valence-corrected chi connectivity index (χ3v) is 5.51. The highest BCUT2D eigenvalue weighted by Crippen LogP contribution is 2.29. The third-order valence-electron chi connectivity index (χ3n) is 3.71. The Morgan fingerprint density at radius 1 is 1.21 bits per heavy atom. The zero-order valence-corrected chi connectivity index (χ0v) is 18.8. The zero-order chi connectivity index (χ0) is 20.7. The number of benzene rings is 2. The van der Waals surface area contributed by atoms with Crippen molar-refractivity contribution in [3.63, 3.8) is 0 Å². The van der Waals surface area contributed by atoms with Crippen LogP contribution in [0.3, 0.4) is 0 Å². The number of ether oxygens (including phenoxy) is 1. The van der Waals surface area contributed by atoms with Crippen LogP contribution in [0.15, 0.2) is 53.6 Å². The molecule has 150 valence electrons. The van der Waals surface area contributed by atoms with E-state index in [1.54, 1.807) is 38.1 Å². The number of nitrogens with zero attached hydrogens (tertiary/aromatic N) is 2. The lowest BCUT2D eigenvalue weighted by Gasteiger charge is -2.23. The summed E-state index contributed by atoms with van der Waals surface area (Å²) in [5.74, 6) is -0.163. The average molecular weight is 515 g/mol. The molecule has 0 fully saturated rings. The molecule has 0 spiro atoms. The number of carbonyl (C=O) groups excluding carboxylic acids is 1. The Morgan fingerprint density at radius 3 is 2.57 bits per heavy atom. The second kappa shape index (κ2) is 9.87. The molecule has 2 aromatic rings. The molecule has 7 nitrogen and oxygen atoms in total. The van der Waals surface area contributed by atoms with Crippen molar-refractivity contribution in [2.24, 2.45) is 5.10 Å². The van der Waals surface area contributed by atoms with Crippen LogP contribution in [0, 0.1) is 3.57 Å². The standard InChI is InChI=1S/C19H22IN3O4S/c1-4-27-18-11-6-5-10-17(18)23(28(3,25)26)13-19(24)22-21-14(2)15-8-7-9-16(20)12-15/h5-12H,4,13H2,1-3H3,(H,22,24)/b21-14-. The molecule has 0 unspecified atom stereocenters. The Morgan fingerprint density at radius 2 is 1.93 bits per heavy atom. The van der Waals surface area contributed by atoms with Gasteiger partial charge in [-0.25, -0.2) is 13.8 Å². The van der Waals surface area contributed by atoms with Crippen molar-refractivity contribution in [2.75, 3.05) is 23.7 Å². The number of nitrogens with one attached hydrogen (secondary N) is 1. The maximum absolute atomic E-state index is 12.4. The normalized spacial score (nSPS) is 11.8. The molecular weight excluding hydrogens is 493 g/mol. The average Bonchev–Trinajstić information content (AvgIpc) is 2.64. The van der Waals surface area contributed by atoms with Crippen molar-refractivity contribution in [1.29, 1.82) is 0 Å². The summed E-state index contributed by atoms with van der Waals surface area (Å²) in [7, 11) is -3.71. The van der Waals surface area contributed by atoms with E-state index in [9.17, 15) is 13.2 Å². The van der Waals surface area contributed by atoms with Crippen molar-refractivity contribution >= 4 is 49.9 Å². The van der Waals surface area contributed by atoms with Crippen molar-refractivity contribution in [3.8, 4) is 5.75 Å². The van der Waals surface area contributed by atoms with Crippen LogP contribution in [-0.4, -0.2) is 39.4 Å². The van der Waals surface area contributed by atoms with Crippen molar-refractivity contribution in [2.45, 2.75) is 13.8 Å². The van der Waals surface area contributed by atoms with Gasteiger partial charge in [-0.2, -0.15) is 5.10 Å². The lowest BCUT2D eigenvalue weighted by Crippen LogP contribution is -2.39. The SMILES string of the molecule is CCOc1ccccc1N(CC(=O)N/N=C(/C)c1cccc(I)c1)S(C)(=O)=O. The minimum absolute atomic E-state index is 0.306. The van der Waals surface area contributed by atoms with Crippen LogP contribution in [-0.2, 0) is 14.8 Å². The third kappa shape index (κ3) is 6.20. The van der Waals surface area contributed by atoms with Crippen LogP contribution in [0.1, 0.15) is 19.4 Å². The summed E-state index contributed by atoms with van der Waals surface area (Å²) in [5, 5.41) is 4.08. The smallest absolute Gasteiger partial charge is 0.260 e. The molecule has 1 amide bonds. The maximum atomic E-state index is 12.4. The number of carbonyl (C=O) groups is 1. The molecule has 0 aliphatic rings. The van der Waals surface area contributed by atoms with E-state index in [0.717, 1.165) is 19.7 Å². The summed E-state index contributed by atoms with van der Waals surface area (Å²) in [4.78, 5) is 12.4. The van der Waals surface area contributed by atoms with Gasteiger partial charge in [0.15, 0.2) is 0 Å². The molecule has 0 aliphatic heterocycles. The zero-order valence-electron chi connectivity index (χ0n) is 15.8. The molecule has 0 atom stereocenters. The van der Waals surface area contributed by atoms with Crippen LogP contribution < -0.4 is 14.5 Å². The molecule has 0 saturated heterocycles. The minimum atomic E-state index is -3.71. The quantitative estimate of drug-likeness (QED) is 0.333.